The summed E-state index contributed by atoms with van der Waals surface area (Å²) in [6.07, 6.45) is 0. The summed E-state index contributed by atoms with van der Waals surface area (Å²) in [6, 6.07) is 0. The van der Waals surface area contributed by atoms with Crippen LogP contribution in [0, 0.1) is 0 Å². The van der Waals surface area contributed by atoms with Crippen molar-refractivity contribution in [2.75, 3.05) is 0 Å². The van der Waals surface area contributed by atoms with Crippen LogP contribution in [-0.2, 0) is 38.7 Å². The van der Waals surface area contributed by atoms with Crippen molar-refractivity contribution in [1.29, 1.82) is 0 Å². The second-order valence-electron chi connectivity index (χ2n) is 0. The van der Waals surface area contributed by atoms with Crippen LogP contribution in [0.15, 0.2) is 0 Å². The van der Waals surface area contributed by atoms with Crippen molar-refractivity contribution in [2.45, 2.75) is 0 Å². The van der Waals surface area contributed by atoms with Crippen molar-refractivity contribution >= 4 is 11.0 Å². The van der Waals surface area contributed by atoms with Gasteiger partial charge in [0.05, 0.1) is 0 Å². The SMILES string of the molecule is [Co].[Ni+2].[O-2].[SiH4]. The van der Waals surface area contributed by atoms with Gasteiger partial charge in [0, 0.05) is 16.8 Å². The van der Waals surface area contributed by atoms with Gasteiger partial charge >= 0.3 is 16.5 Å². The fourth-order valence-electron chi connectivity index (χ4n) is 0. The maximum atomic E-state index is 0. The van der Waals surface area contributed by atoms with Crippen LogP contribution in [0.4, 0.5) is 0 Å². The molecule has 0 rings (SSSR count). The van der Waals surface area contributed by atoms with E-state index in [0.29, 0.717) is 0 Å². The number of hydrogen-bond donors (Lipinski definition) is 0. The third-order valence-electron chi connectivity index (χ3n) is 0. The Morgan fingerprint density at radius 2 is 1.00 bits per heavy atom. The van der Waals surface area contributed by atoms with Crippen molar-refractivity contribution in [1.82, 2.24) is 0 Å². The Hall–Kier alpha value is 1.18. The first-order chi connectivity index (χ1) is 0. The van der Waals surface area contributed by atoms with E-state index in [0.717, 1.165) is 0 Å². The zero-order valence-electron chi connectivity index (χ0n) is 1.06. The van der Waals surface area contributed by atoms with E-state index in [1.807, 2.05) is 0 Å². The van der Waals surface area contributed by atoms with Gasteiger partial charge in [-0.05, 0) is 11.0 Å². The minimum absolute atomic E-state index is 0. The Labute approximate surface area is 50.0 Å². The van der Waals surface area contributed by atoms with Crippen molar-refractivity contribution in [2.24, 2.45) is 0 Å². The Bertz CT molecular complexity index is 8.00. The molecule has 0 aliphatic heterocycles. The van der Waals surface area contributed by atoms with Crippen molar-refractivity contribution < 1.29 is 38.7 Å². The predicted octanol–water partition coefficient (Wildman–Crippen LogP) is -1.58. The first kappa shape index (κ1) is 65.2. The molecular formula is H4CoNiOSi. The average Bonchev–Trinajstić information content (AvgIpc) is 0. The van der Waals surface area contributed by atoms with Crippen LogP contribution in [0.2, 0.25) is 0 Å². The normalized spacial score (nSPS) is 0. The zero-order valence-corrected chi connectivity index (χ0v) is 3.09. The topological polar surface area (TPSA) is 28.5 Å². The molecule has 0 aromatic carbocycles. The largest absolute Gasteiger partial charge is 2.00 e. The fraction of sp³-hybridized carbons (Fsp3) is 0. The average molecular weight is 166 g/mol. The zero-order chi connectivity index (χ0) is 0. The van der Waals surface area contributed by atoms with Gasteiger partial charge in [-0.1, -0.05) is 0 Å². The van der Waals surface area contributed by atoms with Crippen LogP contribution in [0.5, 0.6) is 0 Å². The standard InChI is InChI=1S/Co.Ni.O.H4Si/h;;;1H4/q;+2;-2;. The van der Waals surface area contributed by atoms with E-state index in [1.54, 1.807) is 0 Å². The molecule has 0 aliphatic rings. The third-order valence-corrected chi connectivity index (χ3v) is 0. The predicted molar refractivity (Wildman–Crippen MR) is 12.0 cm³/mol. The second kappa shape index (κ2) is 30.4. The maximum absolute atomic E-state index is 0. The van der Waals surface area contributed by atoms with Gasteiger partial charge in [0.15, 0.2) is 0 Å². The van der Waals surface area contributed by atoms with E-state index in [4.69, 9.17) is 0 Å². The summed E-state index contributed by atoms with van der Waals surface area (Å²) < 4.78 is 0. The molecule has 0 fully saturated rings. The maximum Gasteiger partial charge on any atom is 2.00 e. The molecule has 0 aliphatic carbocycles. The van der Waals surface area contributed by atoms with Crippen molar-refractivity contribution in [3.05, 3.63) is 0 Å². The van der Waals surface area contributed by atoms with Crippen LogP contribution in [-0.4, -0.2) is 11.0 Å². The van der Waals surface area contributed by atoms with Gasteiger partial charge in [-0.25, -0.2) is 0 Å². The molecule has 0 N–H and O–H groups in total. The third kappa shape index (κ3) is 10.9. The Kier molecular flexibility index (Phi) is 496. The van der Waals surface area contributed by atoms with Crippen LogP contribution < -0.4 is 0 Å². The van der Waals surface area contributed by atoms with E-state index in [9.17, 15) is 0 Å². The summed E-state index contributed by atoms with van der Waals surface area (Å²) in [4.78, 5) is 0. The van der Waals surface area contributed by atoms with Crippen LogP contribution >= 0.6 is 0 Å². The molecule has 0 atom stereocenters. The minimum atomic E-state index is 0. The summed E-state index contributed by atoms with van der Waals surface area (Å²) >= 11 is 0. The molecule has 0 bridgehead atoms. The molecule has 0 heterocycles. The molecule has 1 radical (unpaired) electrons. The van der Waals surface area contributed by atoms with Crippen molar-refractivity contribution in [3.63, 3.8) is 0 Å². The van der Waals surface area contributed by atoms with E-state index in [2.05, 4.69) is 0 Å². The van der Waals surface area contributed by atoms with Crippen LogP contribution in [0.25, 0.3) is 0 Å². The van der Waals surface area contributed by atoms with Crippen LogP contribution in [0.1, 0.15) is 0 Å². The molecule has 0 saturated carbocycles. The number of hydrogen-bond acceptors (Lipinski definition) is 0. The van der Waals surface area contributed by atoms with E-state index >= 15 is 0 Å². The van der Waals surface area contributed by atoms with E-state index in [-0.39, 0.29) is 49.7 Å². The monoisotopic (exact) mass is 165 g/mol. The summed E-state index contributed by atoms with van der Waals surface area (Å²) in [5.74, 6) is 0. The number of rotatable bonds is 0. The first-order valence-electron chi connectivity index (χ1n) is 0. The smallest absolute Gasteiger partial charge is 2.00 e. The molecule has 0 spiro atoms. The Balaban J connectivity index is 0. The quantitative estimate of drug-likeness (QED) is 0.388. The van der Waals surface area contributed by atoms with Gasteiger partial charge in [-0.15, -0.1) is 0 Å². The van der Waals surface area contributed by atoms with Gasteiger partial charge < -0.3 is 5.48 Å². The van der Waals surface area contributed by atoms with Gasteiger partial charge in [-0.2, -0.15) is 0 Å². The first-order valence-corrected chi connectivity index (χ1v) is 0. The molecule has 4 heteroatoms. The summed E-state index contributed by atoms with van der Waals surface area (Å²) in [5, 5.41) is 0. The molecule has 0 unspecified atom stereocenters. The molecule has 33 valence electrons. The molecule has 0 saturated heterocycles. The van der Waals surface area contributed by atoms with Gasteiger partial charge in [-0.3, -0.25) is 0 Å². The summed E-state index contributed by atoms with van der Waals surface area (Å²) in [5.41, 5.74) is 0. The molecule has 0 aromatic heterocycles. The Morgan fingerprint density at radius 1 is 1.00 bits per heavy atom. The molecule has 0 aromatic rings. The fourth-order valence-corrected chi connectivity index (χ4v) is 0. The summed E-state index contributed by atoms with van der Waals surface area (Å²) in [6.45, 7) is 0. The molecular weight excluding hydrogens is 162 g/mol. The van der Waals surface area contributed by atoms with Gasteiger partial charge in [0.2, 0.25) is 0 Å². The minimum Gasteiger partial charge on any atom is -2.00 e. The van der Waals surface area contributed by atoms with Crippen molar-refractivity contribution in [3.8, 4) is 0 Å². The molecule has 1 nitrogen and oxygen atoms in total. The Morgan fingerprint density at radius 3 is 1.00 bits per heavy atom. The van der Waals surface area contributed by atoms with Gasteiger partial charge in [0.1, 0.15) is 0 Å². The van der Waals surface area contributed by atoms with Gasteiger partial charge in [0.25, 0.3) is 0 Å². The van der Waals surface area contributed by atoms with E-state index in [1.165, 1.54) is 0 Å². The summed E-state index contributed by atoms with van der Waals surface area (Å²) in [7, 11) is 0. The molecule has 4 heavy (non-hydrogen) atoms. The second-order valence-corrected chi connectivity index (χ2v) is 0. The van der Waals surface area contributed by atoms with E-state index < -0.39 is 0 Å². The van der Waals surface area contributed by atoms with Crippen LogP contribution in [0.3, 0.4) is 0 Å². The molecule has 0 amide bonds.